The zero-order valence-electron chi connectivity index (χ0n) is 17.0. The van der Waals surface area contributed by atoms with Gasteiger partial charge in [-0.3, -0.25) is 4.79 Å². The molecular formula is C22H22N4O4. The number of rotatable bonds is 5. The molecule has 1 saturated heterocycles. The molecule has 1 aromatic heterocycles. The Labute approximate surface area is 174 Å². The molecule has 2 aliphatic rings. The second-order valence-electron chi connectivity index (χ2n) is 7.34. The van der Waals surface area contributed by atoms with E-state index in [-0.39, 0.29) is 6.10 Å². The highest BCUT2D eigenvalue weighted by Gasteiger charge is 2.38. The predicted octanol–water partition coefficient (Wildman–Crippen LogP) is 2.36. The molecule has 8 heteroatoms. The summed E-state index contributed by atoms with van der Waals surface area (Å²) in [6, 6.07) is 7.23. The highest BCUT2D eigenvalue weighted by atomic mass is 16.6. The van der Waals surface area contributed by atoms with Crippen LogP contribution in [0.3, 0.4) is 0 Å². The average Bonchev–Trinajstić information content (AvgIpc) is 2.70. The molecular weight excluding hydrogens is 384 g/mol. The van der Waals surface area contributed by atoms with E-state index >= 15 is 0 Å². The fourth-order valence-corrected chi connectivity index (χ4v) is 3.85. The lowest BCUT2D eigenvalue weighted by atomic mass is 9.79. The van der Waals surface area contributed by atoms with Gasteiger partial charge >= 0.3 is 0 Å². The summed E-state index contributed by atoms with van der Waals surface area (Å²) in [7, 11) is 1.53. The number of ether oxygens (including phenoxy) is 3. The number of benzene rings is 1. The number of nitriles is 1. The minimum Gasteiger partial charge on any atom is -0.496 e. The molecule has 1 fully saturated rings. The Bertz CT molecular complexity index is 1100. The maximum absolute atomic E-state index is 12.5. The maximum atomic E-state index is 12.5. The number of primary amides is 1. The lowest BCUT2D eigenvalue weighted by Gasteiger charge is -2.34. The Hall–Kier alpha value is -3.57. The zero-order valence-corrected chi connectivity index (χ0v) is 17.0. The number of allylic oxidation sites excluding steroid dienone is 1. The SMILES string of the molecule is COc1cc(C#N)ccc1[C@H]1C(C(N)=O)=C(C)Nc2c(C)cnc(OC3COC3)c21. The Balaban J connectivity index is 1.97. The van der Waals surface area contributed by atoms with Crippen molar-refractivity contribution in [2.24, 2.45) is 5.73 Å². The van der Waals surface area contributed by atoms with Crippen molar-refractivity contribution in [2.75, 3.05) is 25.6 Å². The molecule has 3 N–H and O–H groups in total. The summed E-state index contributed by atoms with van der Waals surface area (Å²) in [5.74, 6) is -0.219. The number of methoxy groups -OCH3 is 1. The fraction of sp³-hybridized carbons (Fsp3) is 0.318. The van der Waals surface area contributed by atoms with Gasteiger partial charge in [0.15, 0.2) is 0 Å². The monoisotopic (exact) mass is 406 g/mol. The van der Waals surface area contributed by atoms with Crippen LogP contribution in [0.15, 0.2) is 35.7 Å². The van der Waals surface area contributed by atoms with Crippen molar-refractivity contribution in [3.63, 3.8) is 0 Å². The number of hydrogen-bond acceptors (Lipinski definition) is 7. The number of carbonyl (C=O) groups is 1. The van der Waals surface area contributed by atoms with Crippen molar-refractivity contribution >= 4 is 11.6 Å². The third kappa shape index (κ3) is 3.23. The van der Waals surface area contributed by atoms with Gasteiger partial charge in [0, 0.05) is 23.0 Å². The maximum Gasteiger partial charge on any atom is 0.247 e. The van der Waals surface area contributed by atoms with E-state index in [0.29, 0.717) is 52.8 Å². The van der Waals surface area contributed by atoms with Gasteiger partial charge in [-0.25, -0.2) is 4.98 Å². The molecule has 0 radical (unpaired) electrons. The topological polar surface area (TPSA) is 119 Å². The van der Waals surface area contributed by atoms with Crippen LogP contribution in [0, 0.1) is 18.3 Å². The summed E-state index contributed by atoms with van der Waals surface area (Å²) in [4.78, 5) is 17.0. The van der Waals surface area contributed by atoms with E-state index < -0.39 is 11.8 Å². The molecule has 2 aromatic rings. The van der Waals surface area contributed by atoms with Crippen LogP contribution in [0.25, 0.3) is 0 Å². The first-order valence-corrected chi connectivity index (χ1v) is 9.54. The van der Waals surface area contributed by atoms with Crippen molar-refractivity contribution in [1.82, 2.24) is 4.98 Å². The highest BCUT2D eigenvalue weighted by Crippen LogP contribution is 2.49. The molecule has 1 atom stereocenters. The Morgan fingerprint density at radius 3 is 2.73 bits per heavy atom. The number of nitrogens with one attached hydrogen (secondary N) is 1. The van der Waals surface area contributed by atoms with Crippen LogP contribution < -0.4 is 20.5 Å². The summed E-state index contributed by atoms with van der Waals surface area (Å²) in [6.07, 6.45) is 1.63. The van der Waals surface area contributed by atoms with Crippen molar-refractivity contribution in [3.8, 4) is 17.7 Å². The number of carbonyl (C=O) groups excluding carboxylic acids is 1. The van der Waals surface area contributed by atoms with Gasteiger partial charge in [-0.1, -0.05) is 6.07 Å². The Kier molecular flexibility index (Phi) is 5.06. The minimum atomic E-state index is -0.565. The van der Waals surface area contributed by atoms with Gasteiger partial charge in [-0.2, -0.15) is 5.26 Å². The van der Waals surface area contributed by atoms with Gasteiger partial charge in [0.2, 0.25) is 11.8 Å². The second kappa shape index (κ2) is 7.69. The van der Waals surface area contributed by atoms with E-state index in [1.54, 1.807) is 24.4 Å². The summed E-state index contributed by atoms with van der Waals surface area (Å²) in [6.45, 7) is 4.72. The molecule has 1 amide bonds. The van der Waals surface area contributed by atoms with Crippen LogP contribution in [0.1, 0.15) is 35.1 Å². The fourth-order valence-electron chi connectivity index (χ4n) is 3.85. The van der Waals surface area contributed by atoms with Crippen LogP contribution in [0.2, 0.25) is 0 Å². The average molecular weight is 406 g/mol. The van der Waals surface area contributed by atoms with Crippen LogP contribution in [-0.2, 0) is 9.53 Å². The summed E-state index contributed by atoms with van der Waals surface area (Å²) >= 11 is 0. The van der Waals surface area contributed by atoms with Crippen LogP contribution in [0.4, 0.5) is 5.69 Å². The predicted molar refractivity (Wildman–Crippen MR) is 109 cm³/mol. The van der Waals surface area contributed by atoms with Crippen molar-refractivity contribution in [2.45, 2.75) is 25.9 Å². The first-order chi connectivity index (χ1) is 14.4. The largest absolute Gasteiger partial charge is 0.496 e. The van der Waals surface area contributed by atoms with Gasteiger partial charge in [0.1, 0.15) is 11.9 Å². The van der Waals surface area contributed by atoms with Crippen LogP contribution >= 0.6 is 0 Å². The van der Waals surface area contributed by atoms with Gasteiger partial charge in [0.25, 0.3) is 0 Å². The normalized spacial score (nSPS) is 18.0. The molecule has 154 valence electrons. The highest BCUT2D eigenvalue weighted by molar-refractivity contribution is 5.98. The smallest absolute Gasteiger partial charge is 0.247 e. The van der Waals surface area contributed by atoms with Crippen LogP contribution in [-0.4, -0.2) is 37.3 Å². The third-order valence-corrected chi connectivity index (χ3v) is 5.39. The van der Waals surface area contributed by atoms with Crippen molar-refractivity contribution < 1.29 is 19.0 Å². The molecule has 0 saturated carbocycles. The molecule has 0 spiro atoms. The molecule has 1 aromatic carbocycles. The summed E-state index contributed by atoms with van der Waals surface area (Å²) in [5, 5.41) is 12.6. The van der Waals surface area contributed by atoms with Crippen molar-refractivity contribution in [1.29, 1.82) is 5.26 Å². The van der Waals surface area contributed by atoms with E-state index in [9.17, 15) is 10.1 Å². The first-order valence-electron chi connectivity index (χ1n) is 9.54. The lowest BCUT2D eigenvalue weighted by molar-refractivity contribution is -0.114. The van der Waals surface area contributed by atoms with E-state index in [4.69, 9.17) is 19.9 Å². The molecule has 0 bridgehead atoms. The van der Waals surface area contributed by atoms with E-state index in [1.165, 1.54) is 7.11 Å². The van der Waals surface area contributed by atoms with Gasteiger partial charge in [0.05, 0.1) is 49.1 Å². The molecule has 0 unspecified atom stereocenters. The minimum absolute atomic E-state index is 0.100. The number of fused-ring (bicyclic) bond motifs is 1. The molecule has 30 heavy (non-hydrogen) atoms. The molecule has 8 nitrogen and oxygen atoms in total. The van der Waals surface area contributed by atoms with E-state index in [1.807, 2.05) is 13.8 Å². The number of aromatic nitrogens is 1. The van der Waals surface area contributed by atoms with Gasteiger partial charge < -0.3 is 25.3 Å². The van der Waals surface area contributed by atoms with E-state index in [2.05, 4.69) is 16.4 Å². The number of nitrogens with zero attached hydrogens (tertiary/aromatic N) is 2. The van der Waals surface area contributed by atoms with Crippen LogP contribution in [0.5, 0.6) is 11.6 Å². The number of aryl methyl sites for hydroxylation is 1. The summed E-state index contributed by atoms with van der Waals surface area (Å²) in [5.41, 5.74) is 10.4. The third-order valence-electron chi connectivity index (χ3n) is 5.39. The quantitative estimate of drug-likeness (QED) is 0.782. The number of nitrogens with two attached hydrogens (primary N) is 1. The number of anilines is 1. The number of hydrogen-bond donors (Lipinski definition) is 2. The number of pyridine rings is 1. The van der Waals surface area contributed by atoms with Gasteiger partial charge in [-0.15, -0.1) is 0 Å². The summed E-state index contributed by atoms with van der Waals surface area (Å²) < 4.78 is 16.9. The number of amides is 1. The van der Waals surface area contributed by atoms with E-state index in [0.717, 1.165) is 11.3 Å². The second-order valence-corrected chi connectivity index (χ2v) is 7.34. The first kappa shape index (κ1) is 19.7. The van der Waals surface area contributed by atoms with Gasteiger partial charge in [-0.05, 0) is 31.5 Å². The molecule has 3 heterocycles. The van der Waals surface area contributed by atoms with Crippen molar-refractivity contribution in [3.05, 3.63) is 57.9 Å². The molecule has 0 aliphatic carbocycles. The zero-order chi connectivity index (χ0) is 21.4. The Morgan fingerprint density at radius 2 is 2.13 bits per heavy atom. The Morgan fingerprint density at radius 1 is 1.37 bits per heavy atom. The lowest BCUT2D eigenvalue weighted by Crippen LogP contribution is -2.39. The molecule has 4 rings (SSSR count). The standard InChI is InChI=1S/C22H22N4O4/c1-11-8-25-22(30-14-9-29-10-14)19-18(17(21(24)27)12(2)26-20(11)19)15-5-4-13(7-23)6-16(15)28-3/h4-6,8,14,18,26H,9-10H2,1-3H3,(H2,24,27)/t18-/m0/s1. The molecule has 2 aliphatic heterocycles.